The van der Waals surface area contributed by atoms with Gasteiger partial charge in [0.1, 0.15) is 12.4 Å². The van der Waals surface area contributed by atoms with Crippen molar-refractivity contribution in [3.05, 3.63) is 78.4 Å². The SMILES string of the molecule is c1ccc(COCCOc2ccc3ccccc3c2)cc1. The van der Waals surface area contributed by atoms with Crippen LogP contribution in [0.2, 0.25) is 0 Å². The van der Waals surface area contributed by atoms with Crippen molar-refractivity contribution in [1.82, 2.24) is 0 Å². The van der Waals surface area contributed by atoms with Crippen LogP contribution in [0.3, 0.4) is 0 Å². The van der Waals surface area contributed by atoms with Crippen LogP contribution >= 0.6 is 0 Å². The number of fused-ring (bicyclic) bond motifs is 1. The van der Waals surface area contributed by atoms with Gasteiger partial charge in [-0.15, -0.1) is 0 Å². The largest absolute Gasteiger partial charge is 0.491 e. The second kappa shape index (κ2) is 6.91. The molecule has 0 aliphatic heterocycles. The average molecular weight is 278 g/mol. The molecule has 106 valence electrons. The maximum absolute atomic E-state index is 5.73. The van der Waals surface area contributed by atoms with Crippen molar-refractivity contribution in [2.24, 2.45) is 0 Å². The molecule has 2 nitrogen and oxygen atoms in total. The van der Waals surface area contributed by atoms with Gasteiger partial charge in [-0.1, -0.05) is 60.7 Å². The zero-order valence-electron chi connectivity index (χ0n) is 11.9. The van der Waals surface area contributed by atoms with E-state index < -0.39 is 0 Å². The highest BCUT2D eigenvalue weighted by Gasteiger charge is 1.97. The molecule has 0 unspecified atom stereocenters. The van der Waals surface area contributed by atoms with E-state index in [-0.39, 0.29) is 0 Å². The lowest BCUT2D eigenvalue weighted by molar-refractivity contribution is 0.0890. The van der Waals surface area contributed by atoms with Gasteiger partial charge in [0.15, 0.2) is 0 Å². The highest BCUT2D eigenvalue weighted by Crippen LogP contribution is 2.20. The first-order chi connectivity index (χ1) is 10.4. The van der Waals surface area contributed by atoms with Crippen LogP contribution < -0.4 is 4.74 Å². The fraction of sp³-hybridized carbons (Fsp3) is 0.158. The van der Waals surface area contributed by atoms with E-state index in [1.165, 1.54) is 16.3 Å². The van der Waals surface area contributed by atoms with Gasteiger partial charge in [0.25, 0.3) is 0 Å². The summed E-state index contributed by atoms with van der Waals surface area (Å²) in [6.45, 7) is 1.77. The summed E-state index contributed by atoms with van der Waals surface area (Å²) in [6.07, 6.45) is 0. The molecule has 0 aliphatic carbocycles. The molecule has 0 fully saturated rings. The maximum atomic E-state index is 5.73. The molecular formula is C19H18O2. The van der Waals surface area contributed by atoms with Crippen LogP contribution in [0.15, 0.2) is 72.8 Å². The summed E-state index contributed by atoms with van der Waals surface area (Å²) in [7, 11) is 0. The Morgan fingerprint density at radius 2 is 1.43 bits per heavy atom. The predicted octanol–water partition coefficient (Wildman–Crippen LogP) is 4.44. The van der Waals surface area contributed by atoms with Crippen molar-refractivity contribution in [3.63, 3.8) is 0 Å². The standard InChI is InChI=1S/C19H18O2/c1-2-6-16(7-3-1)15-20-12-13-21-19-11-10-17-8-4-5-9-18(17)14-19/h1-11,14H,12-13,15H2. The van der Waals surface area contributed by atoms with Crippen molar-refractivity contribution in [3.8, 4) is 5.75 Å². The van der Waals surface area contributed by atoms with Crippen LogP contribution in [0, 0.1) is 0 Å². The minimum absolute atomic E-state index is 0.561. The smallest absolute Gasteiger partial charge is 0.120 e. The van der Waals surface area contributed by atoms with E-state index in [0.29, 0.717) is 19.8 Å². The number of ether oxygens (including phenoxy) is 2. The van der Waals surface area contributed by atoms with Gasteiger partial charge in [-0.05, 0) is 28.5 Å². The van der Waals surface area contributed by atoms with E-state index >= 15 is 0 Å². The van der Waals surface area contributed by atoms with Gasteiger partial charge in [0.2, 0.25) is 0 Å². The van der Waals surface area contributed by atoms with Gasteiger partial charge in [0, 0.05) is 0 Å². The van der Waals surface area contributed by atoms with E-state index in [2.05, 4.69) is 36.4 Å². The van der Waals surface area contributed by atoms with Gasteiger partial charge >= 0.3 is 0 Å². The molecule has 0 amide bonds. The topological polar surface area (TPSA) is 18.5 Å². The molecule has 2 heteroatoms. The summed E-state index contributed by atoms with van der Waals surface area (Å²) in [5, 5.41) is 2.42. The molecule has 0 atom stereocenters. The quantitative estimate of drug-likeness (QED) is 0.621. The van der Waals surface area contributed by atoms with Crippen molar-refractivity contribution in [2.75, 3.05) is 13.2 Å². The Labute approximate surface area is 124 Å². The average Bonchev–Trinajstić information content (AvgIpc) is 2.55. The summed E-state index contributed by atoms with van der Waals surface area (Å²) >= 11 is 0. The van der Waals surface area contributed by atoms with E-state index in [9.17, 15) is 0 Å². The molecule has 0 radical (unpaired) electrons. The molecule has 0 N–H and O–H groups in total. The molecule has 3 rings (SSSR count). The van der Waals surface area contributed by atoms with Gasteiger partial charge in [0.05, 0.1) is 13.2 Å². The summed E-state index contributed by atoms with van der Waals surface area (Å²) in [6, 6.07) is 24.6. The molecule has 0 saturated carbocycles. The summed E-state index contributed by atoms with van der Waals surface area (Å²) in [5.74, 6) is 0.886. The third-order valence-electron chi connectivity index (χ3n) is 3.33. The highest BCUT2D eigenvalue weighted by atomic mass is 16.5. The zero-order chi connectivity index (χ0) is 14.3. The molecule has 3 aromatic carbocycles. The van der Waals surface area contributed by atoms with Crippen LogP contribution in [-0.4, -0.2) is 13.2 Å². The van der Waals surface area contributed by atoms with E-state index in [1.54, 1.807) is 0 Å². The molecule has 0 saturated heterocycles. The monoisotopic (exact) mass is 278 g/mol. The van der Waals surface area contributed by atoms with Crippen molar-refractivity contribution in [2.45, 2.75) is 6.61 Å². The fourth-order valence-electron chi connectivity index (χ4n) is 2.24. The highest BCUT2D eigenvalue weighted by molar-refractivity contribution is 5.83. The number of rotatable bonds is 6. The molecule has 0 aliphatic rings. The van der Waals surface area contributed by atoms with Gasteiger partial charge in [-0.2, -0.15) is 0 Å². The van der Waals surface area contributed by atoms with Crippen molar-refractivity contribution >= 4 is 10.8 Å². The summed E-state index contributed by atoms with van der Waals surface area (Å²) < 4.78 is 11.3. The first-order valence-electron chi connectivity index (χ1n) is 7.15. The van der Waals surface area contributed by atoms with Crippen molar-refractivity contribution in [1.29, 1.82) is 0 Å². The Balaban J connectivity index is 1.46. The molecule has 0 bridgehead atoms. The van der Waals surface area contributed by atoms with E-state index in [1.807, 2.05) is 36.4 Å². The second-order valence-corrected chi connectivity index (χ2v) is 4.90. The van der Waals surface area contributed by atoms with Crippen LogP contribution in [0.25, 0.3) is 10.8 Å². The van der Waals surface area contributed by atoms with E-state index in [0.717, 1.165) is 5.75 Å². The molecule has 0 heterocycles. The lowest BCUT2D eigenvalue weighted by atomic mass is 10.1. The Morgan fingerprint density at radius 3 is 2.29 bits per heavy atom. The van der Waals surface area contributed by atoms with Crippen molar-refractivity contribution < 1.29 is 9.47 Å². The molecule has 21 heavy (non-hydrogen) atoms. The van der Waals surface area contributed by atoms with Crippen LogP contribution in [-0.2, 0) is 11.3 Å². The third-order valence-corrected chi connectivity index (χ3v) is 3.33. The normalized spacial score (nSPS) is 10.7. The lowest BCUT2D eigenvalue weighted by Gasteiger charge is -2.08. The van der Waals surface area contributed by atoms with Crippen LogP contribution in [0.1, 0.15) is 5.56 Å². The Hall–Kier alpha value is -2.32. The Kier molecular flexibility index (Phi) is 4.49. The molecule has 3 aromatic rings. The Morgan fingerprint density at radius 1 is 0.667 bits per heavy atom. The first-order valence-corrected chi connectivity index (χ1v) is 7.15. The lowest BCUT2D eigenvalue weighted by Crippen LogP contribution is -2.06. The summed E-state index contributed by atoms with van der Waals surface area (Å²) in [5.41, 5.74) is 1.18. The van der Waals surface area contributed by atoms with Crippen LogP contribution in [0.4, 0.5) is 0 Å². The zero-order valence-corrected chi connectivity index (χ0v) is 11.9. The van der Waals surface area contributed by atoms with Gasteiger partial charge in [-0.25, -0.2) is 0 Å². The maximum Gasteiger partial charge on any atom is 0.120 e. The summed E-state index contributed by atoms with van der Waals surface area (Å²) in [4.78, 5) is 0. The fourth-order valence-corrected chi connectivity index (χ4v) is 2.24. The van der Waals surface area contributed by atoms with E-state index in [4.69, 9.17) is 9.47 Å². The van der Waals surface area contributed by atoms with Crippen LogP contribution in [0.5, 0.6) is 5.75 Å². The number of hydrogen-bond donors (Lipinski definition) is 0. The second-order valence-electron chi connectivity index (χ2n) is 4.90. The minimum Gasteiger partial charge on any atom is -0.491 e. The Bertz CT molecular complexity index is 692. The molecule has 0 spiro atoms. The third kappa shape index (κ3) is 3.83. The molecular weight excluding hydrogens is 260 g/mol. The number of benzene rings is 3. The number of hydrogen-bond acceptors (Lipinski definition) is 2. The van der Waals surface area contributed by atoms with Gasteiger partial charge < -0.3 is 9.47 Å². The molecule has 0 aromatic heterocycles. The van der Waals surface area contributed by atoms with Gasteiger partial charge in [-0.3, -0.25) is 0 Å². The minimum atomic E-state index is 0.561. The first kappa shape index (κ1) is 13.7. The predicted molar refractivity (Wildman–Crippen MR) is 85.5 cm³/mol.